The Morgan fingerprint density at radius 2 is 2.20 bits per heavy atom. The molecule has 0 aromatic rings. The summed E-state index contributed by atoms with van der Waals surface area (Å²) in [5.41, 5.74) is 0. The van der Waals surface area contributed by atoms with E-state index in [1.54, 1.807) is 6.08 Å². The summed E-state index contributed by atoms with van der Waals surface area (Å²) < 4.78 is 0. The molecule has 0 amide bonds. The van der Waals surface area contributed by atoms with E-state index in [4.69, 9.17) is 0 Å². The molecule has 5 heavy (non-hydrogen) atoms. The molecule has 0 bridgehead atoms. The fourth-order valence-corrected chi connectivity index (χ4v) is 0. The van der Waals surface area contributed by atoms with E-state index in [2.05, 4.69) is 18.8 Å². The molecule has 0 saturated carbocycles. The molecule has 28 valence electrons. The lowest BCUT2D eigenvalue weighted by Gasteiger charge is -1.68. The molecule has 1 heteroatoms. The molecule has 0 aliphatic heterocycles. The molecule has 0 atom stereocenters. The van der Waals surface area contributed by atoms with Gasteiger partial charge in [0.25, 0.3) is 0 Å². The van der Waals surface area contributed by atoms with Gasteiger partial charge >= 0.3 is 0 Å². The molecule has 0 unspecified atom stereocenters. The largest absolute Gasteiger partial charge is 0.0980 e. The van der Waals surface area contributed by atoms with E-state index in [1.807, 2.05) is 6.92 Å². The quantitative estimate of drug-likeness (QED) is 0.345. The molecule has 0 spiro atoms. The number of hydrogen-bond acceptors (Lipinski definition) is 1. The minimum atomic E-state index is 0.852. The first-order chi connectivity index (χ1) is 2.27. The summed E-state index contributed by atoms with van der Waals surface area (Å²) >= 11 is 4.58. The van der Waals surface area contributed by atoms with E-state index in [-0.39, 0.29) is 0 Å². The molecule has 0 saturated heterocycles. The number of thiocarbonyl (C=S) groups is 1. The monoisotopic (exact) mass is 86.0 g/mol. The lowest BCUT2D eigenvalue weighted by Crippen LogP contribution is -1.68. The van der Waals surface area contributed by atoms with E-state index in [0.29, 0.717) is 0 Å². The Morgan fingerprint density at radius 3 is 2.20 bits per heavy atom. The van der Waals surface area contributed by atoms with Crippen LogP contribution in [0.25, 0.3) is 0 Å². The highest BCUT2D eigenvalue weighted by Gasteiger charge is 1.63. The van der Waals surface area contributed by atoms with Crippen molar-refractivity contribution in [1.29, 1.82) is 0 Å². The first-order valence-electron chi connectivity index (χ1n) is 1.40. The standard InChI is InChI=1S/C4H6S/c1-3-4(2)5/h3H,1H2,2H3. The second kappa shape index (κ2) is 2.09. The Morgan fingerprint density at radius 1 is 2.00 bits per heavy atom. The van der Waals surface area contributed by atoms with Crippen LogP contribution in [0.5, 0.6) is 0 Å². The Kier molecular flexibility index (Phi) is 2.02. The van der Waals surface area contributed by atoms with Crippen LogP contribution in [0.4, 0.5) is 0 Å². The lowest BCUT2D eigenvalue weighted by molar-refractivity contribution is 2.01. The van der Waals surface area contributed by atoms with Crippen LogP contribution in [-0.2, 0) is 0 Å². The average Bonchev–Trinajstić information content (AvgIpc) is 1.38. The van der Waals surface area contributed by atoms with Gasteiger partial charge in [0.05, 0.1) is 0 Å². The normalized spacial score (nSPS) is 6.60. The summed E-state index contributed by atoms with van der Waals surface area (Å²) in [5, 5.41) is 0. The van der Waals surface area contributed by atoms with Crippen molar-refractivity contribution < 1.29 is 0 Å². The fraction of sp³-hybridized carbons (Fsp3) is 0.250. The van der Waals surface area contributed by atoms with Gasteiger partial charge in [0.2, 0.25) is 0 Å². The molecule has 0 nitrogen and oxygen atoms in total. The maximum atomic E-state index is 4.58. The van der Waals surface area contributed by atoms with Gasteiger partial charge in [-0.25, -0.2) is 0 Å². The van der Waals surface area contributed by atoms with Crippen LogP contribution < -0.4 is 0 Å². The third-order valence-electron chi connectivity index (χ3n) is 0.287. The molecule has 0 radical (unpaired) electrons. The highest BCUT2D eigenvalue weighted by molar-refractivity contribution is 7.80. The van der Waals surface area contributed by atoms with E-state index in [1.165, 1.54) is 0 Å². The first-order valence-corrected chi connectivity index (χ1v) is 1.81. The summed E-state index contributed by atoms with van der Waals surface area (Å²) in [6.07, 6.45) is 1.65. The molecular weight excluding hydrogens is 80.1 g/mol. The minimum Gasteiger partial charge on any atom is -0.0980 e. The van der Waals surface area contributed by atoms with Crippen LogP contribution in [0.15, 0.2) is 12.7 Å². The van der Waals surface area contributed by atoms with E-state index < -0.39 is 0 Å². The van der Waals surface area contributed by atoms with E-state index >= 15 is 0 Å². The summed E-state index contributed by atoms with van der Waals surface area (Å²) in [7, 11) is 0. The summed E-state index contributed by atoms with van der Waals surface area (Å²) in [5.74, 6) is 0. The molecule has 0 aliphatic carbocycles. The molecule has 0 fully saturated rings. The molecule has 0 aromatic heterocycles. The second-order valence-corrected chi connectivity index (χ2v) is 1.46. The predicted octanol–water partition coefficient (Wildman–Crippen LogP) is 1.56. The third-order valence-corrected chi connectivity index (χ3v) is 0.454. The van der Waals surface area contributed by atoms with Crippen molar-refractivity contribution >= 4 is 17.1 Å². The van der Waals surface area contributed by atoms with Crippen LogP contribution >= 0.6 is 12.2 Å². The maximum absolute atomic E-state index is 4.58. The molecule has 0 heterocycles. The smallest absolute Gasteiger partial charge is 0.0115 e. The first kappa shape index (κ1) is 4.83. The Hall–Kier alpha value is -0.170. The van der Waals surface area contributed by atoms with Crippen LogP contribution in [0.1, 0.15) is 6.92 Å². The minimum absolute atomic E-state index is 0.852. The zero-order valence-electron chi connectivity index (χ0n) is 3.19. The van der Waals surface area contributed by atoms with Crippen molar-refractivity contribution in [3.05, 3.63) is 12.7 Å². The Balaban J connectivity index is 3.20. The van der Waals surface area contributed by atoms with Crippen molar-refractivity contribution in [1.82, 2.24) is 0 Å². The van der Waals surface area contributed by atoms with Gasteiger partial charge in [-0.15, -0.1) is 0 Å². The maximum Gasteiger partial charge on any atom is 0.0115 e. The number of allylic oxidation sites excluding steroid dienone is 1. The molecule has 0 aliphatic rings. The van der Waals surface area contributed by atoms with Gasteiger partial charge in [0.1, 0.15) is 0 Å². The van der Waals surface area contributed by atoms with E-state index in [0.717, 1.165) is 4.86 Å². The van der Waals surface area contributed by atoms with Gasteiger partial charge in [-0.2, -0.15) is 0 Å². The summed E-state index contributed by atoms with van der Waals surface area (Å²) in [4.78, 5) is 0.852. The van der Waals surface area contributed by atoms with Crippen molar-refractivity contribution in [3.63, 3.8) is 0 Å². The summed E-state index contributed by atoms with van der Waals surface area (Å²) in [6.45, 7) is 5.25. The van der Waals surface area contributed by atoms with Crippen LogP contribution in [0.2, 0.25) is 0 Å². The zero-order valence-corrected chi connectivity index (χ0v) is 4.01. The van der Waals surface area contributed by atoms with Crippen molar-refractivity contribution in [2.24, 2.45) is 0 Å². The van der Waals surface area contributed by atoms with Gasteiger partial charge in [0, 0.05) is 4.86 Å². The van der Waals surface area contributed by atoms with Gasteiger partial charge in [-0.3, -0.25) is 0 Å². The molecule has 0 rings (SSSR count). The van der Waals surface area contributed by atoms with Crippen molar-refractivity contribution in [2.75, 3.05) is 0 Å². The molecular formula is C4H6S. The topological polar surface area (TPSA) is 0 Å². The zero-order chi connectivity index (χ0) is 4.28. The number of hydrogen-bond donors (Lipinski definition) is 0. The average molecular weight is 86.2 g/mol. The third kappa shape index (κ3) is 3.83. The van der Waals surface area contributed by atoms with E-state index in [9.17, 15) is 0 Å². The highest BCUT2D eigenvalue weighted by atomic mass is 32.1. The molecule has 0 N–H and O–H groups in total. The van der Waals surface area contributed by atoms with Gasteiger partial charge < -0.3 is 0 Å². The van der Waals surface area contributed by atoms with Crippen molar-refractivity contribution in [3.8, 4) is 0 Å². The van der Waals surface area contributed by atoms with Crippen LogP contribution in [0, 0.1) is 0 Å². The molecule has 0 aromatic carbocycles. The van der Waals surface area contributed by atoms with Crippen LogP contribution in [-0.4, -0.2) is 4.86 Å². The van der Waals surface area contributed by atoms with Gasteiger partial charge in [-0.1, -0.05) is 24.9 Å². The number of rotatable bonds is 1. The summed E-state index contributed by atoms with van der Waals surface area (Å²) in [6, 6.07) is 0. The lowest BCUT2D eigenvalue weighted by atomic mass is 10.5. The highest BCUT2D eigenvalue weighted by Crippen LogP contribution is 1.69. The Bertz CT molecular complexity index is 54.7. The second-order valence-electron chi connectivity index (χ2n) is 0.815. The fourth-order valence-electron chi connectivity index (χ4n) is 0. The SMILES string of the molecule is C=CC(C)=S. The Labute approximate surface area is 37.5 Å². The van der Waals surface area contributed by atoms with Crippen LogP contribution in [0.3, 0.4) is 0 Å². The predicted molar refractivity (Wildman–Crippen MR) is 28.5 cm³/mol. The van der Waals surface area contributed by atoms with Gasteiger partial charge in [-0.05, 0) is 6.92 Å². The van der Waals surface area contributed by atoms with Crippen molar-refractivity contribution in [2.45, 2.75) is 6.92 Å². The van der Waals surface area contributed by atoms with Gasteiger partial charge in [0.15, 0.2) is 0 Å².